The zero-order valence-corrected chi connectivity index (χ0v) is 19.9. The van der Waals surface area contributed by atoms with Crippen LogP contribution in [0.1, 0.15) is 66.5 Å². The summed E-state index contributed by atoms with van der Waals surface area (Å²) in [7, 11) is 0. The first kappa shape index (κ1) is 23.4. The van der Waals surface area contributed by atoms with E-state index in [2.05, 4.69) is 54.9 Å². The molecule has 1 heteroatoms. The molecule has 0 aliphatic heterocycles. The molecule has 0 amide bonds. The van der Waals surface area contributed by atoms with Gasteiger partial charge in [-0.1, -0.05) is 80.7 Å². The van der Waals surface area contributed by atoms with Gasteiger partial charge in [-0.2, -0.15) is 0 Å². The molecule has 0 aliphatic rings. The van der Waals surface area contributed by atoms with Crippen molar-refractivity contribution in [2.24, 2.45) is 0 Å². The van der Waals surface area contributed by atoms with Crippen LogP contribution in [-0.2, 0) is 12.8 Å². The van der Waals surface area contributed by atoms with Crippen LogP contribution < -0.4 is 0 Å². The number of aryl methyl sites for hydroxylation is 2. The van der Waals surface area contributed by atoms with Crippen LogP contribution in [0.15, 0.2) is 78.9 Å². The summed E-state index contributed by atoms with van der Waals surface area (Å²) in [6, 6.07) is 26.0. The van der Waals surface area contributed by atoms with Gasteiger partial charge in [0.1, 0.15) is 5.82 Å². The fraction of sp³-hybridized carbons (Fsp3) is 0.212. The molecule has 0 saturated carbocycles. The van der Waals surface area contributed by atoms with Gasteiger partial charge in [-0.05, 0) is 84.3 Å². The van der Waals surface area contributed by atoms with Crippen molar-refractivity contribution in [1.29, 1.82) is 0 Å². The summed E-state index contributed by atoms with van der Waals surface area (Å²) in [6.45, 7) is 4.20. The molecular weight excluding hydrogens is 415 g/mol. The first-order valence-electron chi connectivity index (χ1n) is 12.1. The molecule has 4 aromatic rings. The minimum Gasteiger partial charge on any atom is -0.206 e. The molecule has 0 N–H and O–H groups in total. The Bertz CT molecular complexity index is 1390. The maximum atomic E-state index is 14.5. The highest BCUT2D eigenvalue weighted by Gasteiger charge is 2.05. The Kier molecular flexibility index (Phi) is 7.80. The molecule has 0 atom stereocenters. The van der Waals surface area contributed by atoms with Crippen molar-refractivity contribution in [3.05, 3.63) is 118 Å². The van der Waals surface area contributed by atoms with Crippen LogP contribution in [0.25, 0.3) is 10.8 Å². The van der Waals surface area contributed by atoms with Crippen LogP contribution in [-0.4, -0.2) is 0 Å². The number of rotatable bonds is 5. The van der Waals surface area contributed by atoms with Gasteiger partial charge in [-0.15, -0.1) is 0 Å². The monoisotopic (exact) mass is 444 g/mol. The largest absolute Gasteiger partial charge is 0.206 e. The fourth-order valence-electron chi connectivity index (χ4n) is 3.95. The Morgan fingerprint density at radius 2 is 1.18 bits per heavy atom. The number of unbranched alkanes of at least 4 members (excludes halogenated alkanes) is 2. The molecule has 0 aliphatic carbocycles. The smallest absolute Gasteiger partial charge is 0.134 e. The van der Waals surface area contributed by atoms with Gasteiger partial charge in [-0.25, -0.2) is 4.39 Å². The van der Waals surface area contributed by atoms with Crippen molar-refractivity contribution in [3.8, 4) is 23.7 Å². The quantitative estimate of drug-likeness (QED) is 0.216. The molecular formula is C33H29F. The van der Waals surface area contributed by atoms with E-state index in [4.69, 9.17) is 0 Å². The van der Waals surface area contributed by atoms with Gasteiger partial charge in [0.15, 0.2) is 0 Å². The Morgan fingerprint density at radius 3 is 1.76 bits per heavy atom. The first-order valence-corrected chi connectivity index (χ1v) is 12.1. The lowest BCUT2D eigenvalue weighted by Gasteiger charge is -2.04. The van der Waals surface area contributed by atoms with E-state index in [9.17, 15) is 4.39 Å². The molecule has 0 aromatic heterocycles. The van der Waals surface area contributed by atoms with Gasteiger partial charge in [-0.3, -0.25) is 0 Å². The van der Waals surface area contributed by atoms with Crippen molar-refractivity contribution in [3.63, 3.8) is 0 Å². The average molecular weight is 445 g/mol. The van der Waals surface area contributed by atoms with E-state index in [0.717, 1.165) is 39.6 Å². The van der Waals surface area contributed by atoms with E-state index in [1.165, 1.54) is 24.8 Å². The summed E-state index contributed by atoms with van der Waals surface area (Å²) >= 11 is 0. The minimum atomic E-state index is -0.126. The topological polar surface area (TPSA) is 0 Å². The third kappa shape index (κ3) is 5.95. The maximum absolute atomic E-state index is 14.5. The van der Waals surface area contributed by atoms with E-state index in [1.54, 1.807) is 0 Å². The van der Waals surface area contributed by atoms with E-state index in [1.807, 2.05) is 61.5 Å². The summed E-state index contributed by atoms with van der Waals surface area (Å²) in [5.41, 5.74) is 5.92. The third-order valence-corrected chi connectivity index (χ3v) is 6.03. The molecule has 0 spiro atoms. The predicted molar refractivity (Wildman–Crippen MR) is 141 cm³/mol. The van der Waals surface area contributed by atoms with Gasteiger partial charge in [0, 0.05) is 27.6 Å². The zero-order valence-electron chi connectivity index (χ0n) is 19.9. The molecule has 0 nitrogen and oxygen atoms in total. The lowest BCUT2D eigenvalue weighted by Crippen LogP contribution is -1.89. The molecule has 4 aromatic carbocycles. The number of hydrogen-bond donors (Lipinski definition) is 0. The number of fused-ring (bicyclic) bond motifs is 1. The summed E-state index contributed by atoms with van der Waals surface area (Å²) in [6.07, 6.45) is 5.60. The molecule has 0 radical (unpaired) electrons. The van der Waals surface area contributed by atoms with Gasteiger partial charge < -0.3 is 0 Å². The van der Waals surface area contributed by atoms with Crippen molar-refractivity contribution < 1.29 is 4.39 Å². The fourth-order valence-corrected chi connectivity index (χ4v) is 3.95. The first-order chi connectivity index (χ1) is 16.7. The van der Waals surface area contributed by atoms with Crippen molar-refractivity contribution in [2.75, 3.05) is 0 Å². The van der Waals surface area contributed by atoms with Crippen molar-refractivity contribution in [2.45, 2.75) is 46.0 Å². The Labute approximate surface area is 202 Å². The average Bonchev–Trinajstić information content (AvgIpc) is 2.88. The number of benzene rings is 4. The predicted octanol–water partition coefficient (Wildman–Crippen LogP) is 8.07. The second kappa shape index (κ2) is 11.4. The SMILES string of the molecule is CCCCCc1ccc(C#Cc2ccc(C#Cc3ccc4c(F)c(CC)ccc4c3)cc2)cc1. The van der Waals surface area contributed by atoms with Crippen LogP contribution in [0.5, 0.6) is 0 Å². The number of halogens is 1. The molecule has 0 heterocycles. The van der Waals surface area contributed by atoms with Crippen molar-refractivity contribution in [1.82, 2.24) is 0 Å². The van der Waals surface area contributed by atoms with E-state index in [-0.39, 0.29) is 5.82 Å². The second-order valence-corrected chi connectivity index (χ2v) is 8.56. The number of hydrogen-bond acceptors (Lipinski definition) is 0. The molecule has 168 valence electrons. The highest BCUT2D eigenvalue weighted by Crippen LogP contribution is 2.22. The Morgan fingerprint density at radius 1 is 0.618 bits per heavy atom. The van der Waals surface area contributed by atoms with Crippen LogP contribution >= 0.6 is 0 Å². The van der Waals surface area contributed by atoms with Crippen LogP contribution in [0.3, 0.4) is 0 Å². The van der Waals surface area contributed by atoms with Crippen LogP contribution in [0.2, 0.25) is 0 Å². The summed E-state index contributed by atoms with van der Waals surface area (Å²) in [5, 5.41) is 1.53. The molecule has 0 fully saturated rings. The standard InChI is InChI=1S/C33H29F/c1-3-5-6-7-25-8-10-26(11-9-25)12-13-27-14-16-28(17-15-27)18-19-29-20-23-32-31(24-29)22-21-30(4-2)33(32)34/h8-11,14-17,20-24H,3-7H2,1-2H3. The molecule has 0 saturated heterocycles. The summed E-state index contributed by atoms with van der Waals surface area (Å²) in [4.78, 5) is 0. The second-order valence-electron chi connectivity index (χ2n) is 8.56. The van der Waals surface area contributed by atoms with Gasteiger partial charge >= 0.3 is 0 Å². The Hall–Kier alpha value is -3.81. The van der Waals surface area contributed by atoms with E-state index >= 15 is 0 Å². The molecule has 0 bridgehead atoms. The van der Waals surface area contributed by atoms with Gasteiger partial charge in [0.25, 0.3) is 0 Å². The maximum Gasteiger partial charge on any atom is 0.134 e. The summed E-state index contributed by atoms with van der Waals surface area (Å²) in [5.74, 6) is 12.7. The Balaban J connectivity index is 1.42. The van der Waals surface area contributed by atoms with E-state index < -0.39 is 0 Å². The molecule has 0 unspecified atom stereocenters. The molecule has 4 rings (SSSR count). The van der Waals surface area contributed by atoms with Gasteiger partial charge in [0.2, 0.25) is 0 Å². The highest BCUT2D eigenvalue weighted by molar-refractivity contribution is 5.85. The highest BCUT2D eigenvalue weighted by atomic mass is 19.1. The zero-order chi connectivity index (χ0) is 23.8. The minimum absolute atomic E-state index is 0.126. The van der Waals surface area contributed by atoms with Crippen molar-refractivity contribution >= 4 is 10.8 Å². The van der Waals surface area contributed by atoms with E-state index in [0.29, 0.717) is 11.8 Å². The van der Waals surface area contributed by atoms with Crippen LogP contribution in [0, 0.1) is 29.5 Å². The lowest BCUT2D eigenvalue weighted by molar-refractivity contribution is 0.624. The normalized spacial score (nSPS) is 10.3. The lowest BCUT2D eigenvalue weighted by atomic mass is 10.0. The van der Waals surface area contributed by atoms with Gasteiger partial charge in [0.05, 0.1) is 0 Å². The third-order valence-electron chi connectivity index (χ3n) is 6.03. The molecule has 34 heavy (non-hydrogen) atoms. The summed E-state index contributed by atoms with van der Waals surface area (Å²) < 4.78 is 14.5. The van der Waals surface area contributed by atoms with Crippen LogP contribution in [0.4, 0.5) is 4.39 Å².